The number of rotatable bonds is 5. The van der Waals surface area contributed by atoms with Gasteiger partial charge in [-0.1, -0.05) is 11.8 Å². The standard InChI is InChI=1S/C23H16F3N3O2S2/c24-23(25,26)16-2-3-19-18(10-16)29-22(31)20(33-19)11-17-9-15(13-32-17)1-4-21(30)28-12-14-5-7-27-8-6-14/h1-11,13H,12H2,(H,28,30)(H,29,31)/b4-1+,20-11+. The molecular formula is C23H16F3N3O2S2. The zero-order valence-corrected chi connectivity index (χ0v) is 18.5. The molecule has 0 saturated heterocycles. The lowest BCUT2D eigenvalue weighted by atomic mass is 10.2. The third-order valence-electron chi connectivity index (χ3n) is 4.56. The van der Waals surface area contributed by atoms with Crippen molar-refractivity contribution in [1.29, 1.82) is 0 Å². The zero-order valence-electron chi connectivity index (χ0n) is 16.8. The van der Waals surface area contributed by atoms with Crippen molar-refractivity contribution in [2.45, 2.75) is 17.6 Å². The molecule has 0 spiro atoms. The number of fused-ring (bicyclic) bond motifs is 1. The molecule has 168 valence electrons. The SMILES string of the molecule is O=C(/C=C/c1csc(/C=C2/Sc3ccc(C(F)(F)F)cc3NC2=O)c1)NCc1ccncc1. The van der Waals surface area contributed by atoms with E-state index in [-0.39, 0.29) is 11.6 Å². The van der Waals surface area contributed by atoms with Crippen LogP contribution >= 0.6 is 23.1 Å². The lowest BCUT2D eigenvalue weighted by Gasteiger charge is -2.20. The summed E-state index contributed by atoms with van der Waals surface area (Å²) in [5.74, 6) is -0.706. The van der Waals surface area contributed by atoms with Crippen molar-refractivity contribution < 1.29 is 22.8 Å². The van der Waals surface area contributed by atoms with E-state index in [0.717, 1.165) is 39.9 Å². The summed E-state index contributed by atoms with van der Waals surface area (Å²) in [6.07, 6.45) is 3.60. The quantitative estimate of drug-likeness (QED) is 0.461. The molecule has 0 fully saturated rings. The molecule has 0 atom stereocenters. The van der Waals surface area contributed by atoms with Crippen molar-refractivity contribution in [3.8, 4) is 0 Å². The number of benzene rings is 1. The monoisotopic (exact) mass is 487 g/mol. The molecule has 0 saturated carbocycles. The maximum Gasteiger partial charge on any atom is 0.416 e. The summed E-state index contributed by atoms with van der Waals surface area (Å²) in [5, 5.41) is 7.15. The summed E-state index contributed by atoms with van der Waals surface area (Å²) in [6, 6.07) is 8.73. The van der Waals surface area contributed by atoms with Crippen LogP contribution in [0.4, 0.5) is 18.9 Å². The molecule has 0 bridgehead atoms. The summed E-state index contributed by atoms with van der Waals surface area (Å²) in [6.45, 7) is 0.394. The number of pyridine rings is 1. The van der Waals surface area contributed by atoms with E-state index in [0.29, 0.717) is 16.3 Å². The van der Waals surface area contributed by atoms with E-state index in [1.807, 2.05) is 23.6 Å². The molecule has 0 aliphatic carbocycles. The molecular weight excluding hydrogens is 471 g/mol. The Kier molecular flexibility index (Phi) is 6.66. The van der Waals surface area contributed by atoms with E-state index in [1.165, 1.54) is 23.5 Å². The highest BCUT2D eigenvalue weighted by Crippen LogP contribution is 2.42. The number of hydrogen-bond acceptors (Lipinski definition) is 5. The number of nitrogens with zero attached hydrogens (tertiary/aromatic N) is 1. The fourth-order valence-electron chi connectivity index (χ4n) is 2.92. The van der Waals surface area contributed by atoms with Gasteiger partial charge in [0.15, 0.2) is 0 Å². The predicted molar refractivity (Wildman–Crippen MR) is 123 cm³/mol. The molecule has 5 nitrogen and oxygen atoms in total. The van der Waals surface area contributed by atoms with Gasteiger partial charge in [-0.3, -0.25) is 14.6 Å². The van der Waals surface area contributed by atoms with Gasteiger partial charge in [0.05, 0.1) is 16.2 Å². The van der Waals surface area contributed by atoms with Gasteiger partial charge in [-0.25, -0.2) is 0 Å². The van der Waals surface area contributed by atoms with Crippen molar-refractivity contribution in [3.63, 3.8) is 0 Å². The van der Waals surface area contributed by atoms with Crippen LogP contribution < -0.4 is 10.6 Å². The number of thioether (sulfide) groups is 1. The van der Waals surface area contributed by atoms with E-state index in [2.05, 4.69) is 15.6 Å². The van der Waals surface area contributed by atoms with Crippen LogP contribution in [0.1, 0.15) is 21.6 Å². The Bertz CT molecular complexity index is 1250. The fourth-order valence-corrected chi connectivity index (χ4v) is 4.72. The number of halogens is 3. The number of alkyl halides is 3. The molecule has 4 rings (SSSR count). The molecule has 10 heteroatoms. The van der Waals surface area contributed by atoms with E-state index < -0.39 is 17.6 Å². The Morgan fingerprint density at radius 1 is 1.15 bits per heavy atom. The first kappa shape index (κ1) is 22.8. The van der Waals surface area contributed by atoms with Gasteiger partial charge < -0.3 is 10.6 Å². The first-order chi connectivity index (χ1) is 15.8. The summed E-state index contributed by atoms with van der Waals surface area (Å²) in [7, 11) is 0. The van der Waals surface area contributed by atoms with Crippen LogP contribution in [0.5, 0.6) is 0 Å². The van der Waals surface area contributed by atoms with Gasteiger partial charge in [0, 0.05) is 34.8 Å². The van der Waals surface area contributed by atoms with Gasteiger partial charge in [0.25, 0.3) is 5.91 Å². The van der Waals surface area contributed by atoms with Crippen LogP contribution in [0, 0.1) is 0 Å². The number of amides is 2. The number of thiophene rings is 1. The van der Waals surface area contributed by atoms with Gasteiger partial charge in [-0.2, -0.15) is 13.2 Å². The third-order valence-corrected chi connectivity index (χ3v) is 6.55. The molecule has 1 aliphatic heterocycles. The van der Waals surface area contributed by atoms with E-state index >= 15 is 0 Å². The number of carbonyl (C=O) groups excluding carboxylic acids is 2. The minimum atomic E-state index is -4.47. The Morgan fingerprint density at radius 3 is 2.70 bits per heavy atom. The zero-order chi connectivity index (χ0) is 23.4. The molecule has 1 aromatic carbocycles. The summed E-state index contributed by atoms with van der Waals surface area (Å²) in [4.78, 5) is 30.0. The normalized spacial score (nSPS) is 14.9. The van der Waals surface area contributed by atoms with Crippen LogP contribution in [0.3, 0.4) is 0 Å². The smallest absolute Gasteiger partial charge is 0.348 e. The maximum atomic E-state index is 12.9. The van der Waals surface area contributed by atoms with Crippen molar-refractivity contribution in [1.82, 2.24) is 10.3 Å². The van der Waals surface area contributed by atoms with Gasteiger partial charge in [0.2, 0.25) is 5.91 Å². The van der Waals surface area contributed by atoms with E-state index in [1.54, 1.807) is 24.5 Å². The second-order valence-electron chi connectivity index (χ2n) is 6.96. The lowest BCUT2D eigenvalue weighted by Crippen LogP contribution is -2.20. The van der Waals surface area contributed by atoms with E-state index in [9.17, 15) is 22.8 Å². The van der Waals surface area contributed by atoms with Gasteiger partial charge in [-0.05, 0) is 65.1 Å². The third kappa shape index (κ3) is 5.91. The van der Waals surface area contributed by atoms with Crippen molar-refractivity contribution in [3.05, 3.63) is 86.7 Å². The van der Waals surface area contributed by atoms with Crippen molar-refractivity contribution in [2.24, 2.45) is 0 Å². The second-order valence-corrected chi connectivity index (χ2v) is 8.99. The van der Waals surface area contributed by atoms with Crippen LogP contribution in [0.15, 0.2) is 70.0 Å². The molecule has 2 N–H and O–H groups in total. The highest BCUT2D eigenvalue weighted by Gasteiger charge is 2.32. The molecule has 3 aromatic rings. The molecule has 0 unspecified atom stereocenters. The first-order valence-electron chi connectivity index (χ1n) is 9.63. The Labute approximate surface area is 195 Å². The van der Waals surface area contributed by atoms with Crippen LogP contribution in [-0.2, 0) is 22.3 Å². The summed E-state index contributed by atoms with van der Waals surface area (Å²) >= 11 is 2.50. The topological polar surface area (TPSA) is 71.1 Å². The van der Waals surface area contributed by atoms with Gasteiger partial charge in [-0.15, -0.1) is 11.3 Å². The largest absolute Gasteiger partial charge is 0.416 e. The van der Waals surface area contributed by atoms with E-state index in [4.69, 9.17) is 0 Å². The lowest BCUT2D eigenvalue weighted by molar-refractivity contribution is -0.137. The number of carbonyl (C=O) groups is 2. The Hall–Kier alpha value is -3.37. The highest BCUT2D eigenvalue weighted by molar-refractivity contribution is 8.04. The average Bonchev–Trinajstić information content (AvgIpc) is 3.24. The fraction of sp³-hybridized carbons (Fsp3) is 0.0870. The molecule has 0 radical (unpaired) electrons. The van der Waals surface area contributed by atoms with Gasteiger partial charge in [0.1, 0.15) is 0 Å². The average molecular weight is 488 g/mol. The van der Waals surface area contributed by atoms with Crippen molar-refractivity contribution >= 4 is 52.8 Å². The minimum Gasteiger partial charge on any atom is -0.348 e. The molecule has 1 aliphatic rings. The number of aromatic nitrogens is 1. The number of hydrogen-bond donors (Lipinski definition) is 2. The Balaban J connectivity index is 1.40. The molecule has 2 amide bonds. The minimum absolute atomic E-state index is 0.143. The Morgan fingerprint density at radius 2 is 1.94 bits per heavy atom. The van der Waals surface area contributed by atoms with Crippen molar-refractivity contribution in [2.75, 3.05) is 5.32 Å². The molecule has 3 heterocycles. The summed E-state index contributed by atoms with van der Waals surface area (Å²) < 4.78 is 38.7. The number of nitrogens with one attached hydrogen (secondary N) is 2. The predicted octanol–water partition coefficient (Wildman–Crippen LogP) is 5.58. The highest BCUT2D eigenvalue weighted by atomic mass is 32.2. The first-order valence-corrected chi connectivity index (χ1v) is 11.3. The molecule has 33 heavy (non-hydrogen) atoms. The summed E-state index contributed by atoms with van der Waals surface area (Å²) in [5.41, 5.74) is 1.07. The maximum absolute atomic E-state index is 12.9. The van der Waals surface area contributed by atoms with Crippen LogP contribution in [0.2, 0.25) is 0 Å². The van der Waals surface area contributed by atoms with Gasteiger partial charge >= 0.3 is 6.18 Å². The second kappa shape index (κ2) is 9.63. The van der Waals surface area contributed by atoms with Crippen LogP contribution in [-0.4, -0.2) is 16.8 Å². The molecule has 2 aromatic heterocycles. The number of anilines is 1. The van der Waals surface area contributed by atoms with Crippen LogP contribution in [0.25, 0.3) is 12.2 Å².